The van der Waals surface area contributed by atoms with Crippen LogP contribution in [0.1, 0.15) is 25.5 Å². The van der Waals surface area contributed by atoms with Gasteiger partial charge in [0.05, 0.1) is 32.9 Å². The Morgan fingerprint density at radius 2 is 2.04 bits per heavy atom. The molecule has 0 spiro atoms. The van der Waals surface area contributed by atoms with E-state index in [2.05, 4.69) is 60.5 Å². The van der Waals surface area contributed by atoms with E-state index in [4.69, 9.17) is 14.5 Å². The van der Waals surface area contributed by atoms with E-state index in [9.17, 15) is 0 Å². The monoisotopic (exact) mass is 391 g/mol. The first-order chi connectivity index (χ1) is 13.5. The van der Waals surface area contributed by atoms with Gasteiger partial charge in [-0.15, -0.1) is 0 Å². The molecule has 7 heteroatoms. The number of ether oxygens (including phenoxy) is 2. The fourth-order valence-electron chi connectivity index (χ4n) is 3.34. The molecule has 7 nitrogen and oxygen atoms in total. The molecule has 2 atom stereocenters. The first-order valence-electron chi connectivity index (χ1n) is 10.2. The number of hydrogen-bond donors (Lipinski definition) is 2. The molecule has 2 unspecified atom stereocenters. The molecule has 1 saturated heterocycles. The molecular weight excluding hydrogens is 354 g/mol. The van der Waals surface area contributed by atoms with Crippen LogP contribution in [-0.2, 0) is 4.74 Å². The van der Waals surface area contributed by atoms with E-state index in [0.717, 1.165) is 57.6 Å². The minimum absolute atomic E-state index is 0.218. The zero-order chi connectivity index (χ0) is 20.4. The predicted octanol–water partition coefficient (Wildman–Crippen LogP) is 1.57. The second-order valence-corrected chi connectivity index (χ2v) is 7.35. The van der Waals surface area contributed by atoms with Crippen molar-refractivity contribution in [1.82, 2.24) is 20.4 Å². The van der Waals surface area contributed by atoms with Gasteiger partial charge in [0, 0.05) is 32.2 Å². The molecule has 0 amide bonds. The molecule has 1 aromatic rings. The van der Waals surface area contributed by atoms with Crippen molar-refractivity contribution in [3.63, 3.8) is 0 Å². The third-order valence-corrected chi connectivity index (χ3v) is 5.09. The van der Waals surface area contributed by atoms with Crippen molar-refractivity contribution in [1.29, 1.82) is 0 Å². The van der Waals surface area contributed by atoms with Crippen LogP contribution in [-0.4, -0.2) is 88.9 Å². The van der Waals surface area contributed by atoms with Gasteiger partial charge >= 0.3 is 0 Å². The summed E-state index contributed by atoms with van der Waals surface area (Å²) >= 11 is 0. The zero-order valence-corrected chi connectivity index (χ0v) is 18.1. The van der Waals surface area contributed by atoms with Crippen molar-refractivity contribution in [2.24, 2.45) is 4.99 Å². The molecule has 1 aromatic carbocycles. The van der Waals surface area contributed by atoms with Crippen molar-refractivity contribution in [3.8, 4) is 5.75 Å². The van der Waals surface area contributed by atoms with E-state index in [1.54, 1.807) is 7.11 Å². The largest absolute Gasteiger partial charge is 0.497 e. The number of methoxy groups -OCH3 is 1. The standard InChI is InChI=1S/C21H37N5O2/c1-6-22-21(23-15-17(2)26-10-12-28-13-11-26)24-16-20(25(3)4)18-8-7-9-19(14-18)27-5/h7-9,14,17,20H,6,10-13,15-16H2,1-5H3,(H2,22,23,24). The van der Waals surface area contributed by atoms with Gasteiger partial charge in [0.15, 0.2) is 5.96 Å². The molecule has 0 radical (unpaired) electrons. The van der Waals surface area contributed by atoms with Crippen molar-refractivity contribution in [3.05, 3.63) is 29.8 Å². The molecule has 0 saturated carbocycles. The molecule has 158 valence electrons. The summed E-state index contributed by atoms with van der Waals surface area (Å²) in [5, 5.41) is 6.87. The van der Waals surface area contributed by atoms with Gasteiger partial charge in [0.1, 0.15) is 5.75 Å². The topological polar surface area (TPSA) is 61.4 Å². The van der Waals surface area contributed by atoms with Crippen molar-refractivity contribution in [2.45, 2.75) is 25.9 Å². The smallest absolute Gasteiger partial charge is 0.191 e. The van der Waals surface area contributed by atoms with Crippen LogP contribution >= 0.6 is 0 Å². The van der Waals surface area contributed by atoms with Crippen molar-refractivity contribution < 1.29 is 9.47 Å². The molecule has 0 aromatic heterocycles. The number of benzene rings is 1. The van der Waals surface area contributed by atoms with Crippen molar-refractivity contribution >= 4 is 5.96 Å². The number of guanidine groups is 1. The molecule has 1 aliphatic rings. The molecular formula is C21H37N5O2. The Hall–Kier alpha value is -1.83. The number of nitrogens with zero attached hydrogens (tertiary/aromatic N) is 3. The number of rotatable bonds is 9. The summed E-state index contributed by atoms with van der Waals surface area (Å²) in [6.07, 6.45) is 0. The summed E-state index contributed by atoms with van der Waals surface area (Å²) in [6.45, 7) is 10.3. The maximum absolute atomic E-state index is 5.44. The van der Waals surface area contributed by atoms with Gasteiger partial charge in [-0.2, -0.15) is 0 Å². The van der Waals surface area contributed by atoms with E-state index in [-0.39, 0.29) is 6.04 Å². The van der Waals surface area contributed by atoms with Crippen molar-refractivity contribution in [2.75, 3.05) is 67.1 Å². The minimum atomic E-state index is 0.218. The van der Waals surface area contributed by atoms with Gasteiger partial charge in [0.25, 0.3) is 0 Å². The first kappa shape index (κ1) is 22.5. The van der Waals surface area contributed by atoms with Crippen LogP contribution in [0.4, 0.5) is 0 Å². The van der Waals surface area contributed by atoms with Gasteiger partial charge in [-0.1, -0.05) is 12.1 Å². The highest BCUT2D eigenvalue weighted by molar-refractivity contribution is 5.79. The highest BCUT2D eigenvalue weighted by Crippen LogP contribution is 2.22. The second-order valence-electron chi connectivity index (χ2n) is 7.35. The molecule has 1 heterocycles. The first-order valence-corrected chi connectivity index (χ1v) is 10.2. The molecule has 1 fully saturated rings. The minimum Gasteiger partial charge on any atom is -0.497 e. The molecule has 1 aliphatic heterocycles. The van der Waals surface area contributed by atoms with Gasteiger partial charge in [-0.05, 0) is 45.6 Å². The average molecular weight is 392 g/mol. The number of morpholine rings is 1. The number of nitrogens with one attached hydrogen (secondary N) is 2. The lowest BCUT2D eigenvalue weighted by Crippen LogP contribution is -2.45. The Morgan fingerprint density at radius 3 is 2.68 bits per heavy atom. The number of aliphatic imine (C=N–C) groups is 1. The van der Waals surface area contributed by atoms with E-state index in [0.29, 0.717) is 6.04 Å². The summed E-state index contributed by atoms with van der Waals surface area (Å²) < 4.78 is 10.8. The highest BCUT2D eigenvalue weighted by atomic mass is 16.5. The number of likely N-dealkylation sites (N-methyl/N-ethyl adjacent to an activating group) is 1. The summed E-state index contributed by atoms with van der Waals surface area (Å²) in [4.78, 5) is 9.47. The molecule has 2 N–H and O–H groups in total. The maximum atomic E-state index is 5.44. The Bertz CT molecular complexity index is 602. The Morgan fingerprint density at radius 1 is 1.29 bits per heavy atom. The molecule has 0 aliphatic carbocycles. The van der Waals surface area contributed by atoms with Gasteiger partial charge in [0.2, 0.25) is 0 Å². The lowest BCUT2D eigenvalue weighted by Gasteiger charge is -2.31. The average Bonchev–Trinajstić information content (AvgIpc) is 2.72. The second kappa shape index (κ2) is 11.9. The quantitative estimate of drug-likeness (QED) is 0.492. The van der Waals surface area contributed by atoms with E-state index >= 15 is 0 Å². The Balaban J connectivity index is 1.98. The fourth-order valence-corrected chi connectivity index (χ4v) is 3.34. The van der Waals surface area contributed by atoms with Crippen LogP contribution in [0.15, 0.2) is 29.3 Å². The van der Waals surface area contributed by atoms with Crippen LogP contribution in [0.25, 0.3) is 0 Å². The van der Waals surface area contributed by atoms with E-state index < -0.39 is 0 Å². The SMILES string of the molecule is CCNC(=NCC(C)N1CCOCC1)NCC(c1cccc(OC)c1)N(C)C. The fraction of sp³-hybridized carbons (Fsp3) is 0.667. The Labute approximate surface area is 170 Å². The third kappa shape index (κ3) is 6.96. The van der Waals surface area contributed by atoms with Gasteiger partial charge in [-0.25, -0.2) is 0 Å². The lowest BCUT2D eigenvalue weighted by atomic mass is 10.1. The normalized spacial score (nSPS) is 18.0. The highest BCUT2D eigenvalue weighted by Gasteiger charge is 2.18. The predicted molar refractivity (Wildman–Crippen MR) is 115 cm³/mol. The third-order valence-electron chi connectivity index (χ3n) is 5.09. The Kier molecular flexibility index (Phi) is 9.54. The van der Waals surface area contributed by atoms with Crippen LogP contribution in [0.5, 0.6) is 5.75 Å². The van der Waals surface area contributed by atoms with Crippen LogP contribution in [0, 0.1) is 0 Å². The van der Waals surface area contributed by atoms with Gasteiger partial charge < -0.3 is 25.0 Å². The summed E-state index contributed by atoms with van der Waals surface area (Å²) in [5.41, 5.74) is 1.22. The van der Waals surface area contributed by atoms with Crippen LogP contribution in [0.2, 0.25) is 0 Å². The van der Waals surface area contributed by atoms with E-state index in [1.165, 1.54) is 5.56 Å². The van der Waals surface area contributed by atoms with E-state index in [1.807, 2.05) is 12.1 Å². The van der Waals surface area contributed by atoms with Crippen LogP contribution < -0.4 is 15.4 Å². The molecule has 2 rings (SSSR count). The molecule has 0 bridgehead atoms. The lowest BCUT2D eigenvalue weighted by molar-refractivity contribution is 0.0220. The molecule has 28 heavy (non-hydrogen) atoms. The zero-order valence-electron chi connectivity index (χ0n) is 18.1. The summed E-state index contributed by atoms with van der Waals surface area (Å²) in [5.74, 6) is 1.74. The summed E-state index contributed by atoms with van der Waals surface area (Å²) in [7, 11) is 5.89. The number of hydrogen-bond acceptors (Lipinski definition) is 5. The maximum Gasteiger partial charge on any atom is 0.191 e. The summed E-state index contributed by atoms with van der Waals surface area (Å²) in [6, 6.07) is 8.87. The van der Waals surface area contributed by atoms with Gasteiger partial charge in [-0.3, -0.25) is 9.89 Å². The van der Waals surface area contributed by atoms with Crippen LogP contribution in [0.3, 0.4) is 0 Å².